The molecule has 2 aromatic rings. The van der Waals surface area contributed by atoms with Crippen molar-refractivity contribution in [3.63, 3.8) is 0 Å². The lowest BCUT2D eigenvalue weighted by Gasteiger charge is -2.23. The third-order valence-electron chi connectivity index (χ3n) is 5.07. The van der Waals surface area contributed by atoms with Gasteiger partial charge in [-0.2, -0.15) is 0 Å². The van der Waals surface area contributed by atoms with Crippen LogP contribution in [0.1, 0.15) is 13.3 Å². The number of amides is 1. The Bertz CT molecular complexity index is 902. The molecule has 28 heavy (non-hydrogen) atoms. The molecule has 1 aromatic heterocycles. The molecule has 0 saturated carbocycles. The van der Waals surface area contributed by atoms with E-state index in [1.165, 1.54) is 0 Å². The molecule has 1 saturated heterocycles. The number of nitrogens with zero attached hydrogens (tertiary/aromatic N) is 1. The maximum absolute atomic E-state index is 11.5. The first-order valence-electron chi connectivity index (χ1n) is 9.37. The Morgan fingerprint density at radius 1 is 1.32 bits per heavy atom. The lowest BCUT2D eigenvalue weighted by Crippen LogP contribution is -2.26. The van der Waals surface area contributed by atoms with Crippen LogP contribution in [-0.2, 0) is 4.79 Å². The Morgan fingerprint density at radius 3 is 2.89 bits per heavy atom. The number of nitrogens with one attached hydrogen (secondary N) is 2. The van der Waals surface area contributed by atoms with Crippen LogP contribution in [0.4, 0.5) is 11.4 Å². The number of anilines is 2. The molecule has 3 heterocycles. The minimum atomic E-state index is -0.145. The van der Waals surface area contributed by atoms with Gasteiger partial charge in [-0.15, -0.1) is 0 Å². The Morgan fingerprint density at radius 2 is 2.14 bits per heavy atom. The van der Waals surface area contributed by atoms with Crippen LogP contribution in [0.5, 0.6) is 17.4 Å². The van der Waals surface area contributed by atoms with Crippen LogP contribution in [0.2, 0.25) is 0 Å². The van der Waals surface area contributed by atoms with Gasteiger partial charge in [0.15, 0.2) is 5.75 Å². The van der Waals surface area contributed by atoms with Crippen LogP contribution in [0.3, 0.4) is 0 Å². The van der Waals surface area contributed by atoms with Crippen LogP contribution in [0.15, 0.2) is 24.3 Å². The van der Waals surface area contributed by atoms with Crippen LogP contribution in [-0.4, -0.2) is 43.8 Å². The molecule has 2 aliphatic rings. The van der Waals surface area contributed by atoms with E-state index in [0.29, 0.717) is 60.6 Å². The SMILES string of the molecule is CNc1c(N)cc(-c2ccc3c(n2)OCCO3)cc1OC(C)C1CNC(=O)C1. The van der Waals surface area contributed by atoms with Gasteiger partial charge in [0.05, 0.1) is 17.1 Å². The number of nitrogen functional groups attached to an aromatic ring is 1. The molecule has 0 spiro atoms. The molecule has 0 aliphatic carbocycles. The minimum Gasteiger partial charge on any atom is -0.488 e. The number of carbonyl (C=O) groups excluding carboxylic acids is 1. The number of hydrogen-bond donors (Lipinski definition) is 3. The zero-order valence-corrected chi connectivity index (χ0v) is 16.0. The number of rotatable bonds is 5. The van der Waals surface area contributed by atoms with E-state index >= 15 is 0 Å². The predicted molar refractivity (Wildman–Crippen MR) is 106 cm³/mol. The predicted octanol–water partition coefficient (Wildman–Crippen LogP) is 2.05. The van der Waals surface area contributed by atoms with E-state index in [4.69, 9.17) is 19.9 Å². The van der Waals surface area contributed by atoms with E-state index in [-0.39, 0.29) is 17.9 Å². The summed E-state index contributed by atoms with van der Waals surface area (Å²) in [4.78, 5) is 16.1. The molecular weight excluding hydrogens is 360 g/mol. The first-order chi connectivity index (χ1) is 13.5. The molecule has 1 amide bonds. The number of hydrogen-bond acceptors (Lipinski definition) is 7. The molecule has 148 valence electrons. The number of pyridine rings is 1. The van der Waals surface area contributed by atoms with Crippen molar-refractivity contribution in [1.82, 2.24) is 10.3 Å². The van der Waals surface area contributed by atoms with Crippen molar-refractivity contribution in [3.8, 4) is 28.6 Å². The standard InChI is InChI=1S/C20H24N4O4/c1-11(13-9-18(25)23-10-13)28-17-8-12(7-14(21)19(17)22-2)15-3-4-16-20(24-15)27-6-5-26-16/h3-4,7-8,11,13,22H,5-6,9-10,21H2,1-2H3,(H,23,25). The third kappa shape index (κ3) is 3.49. The summed E-state index contributed by atoms with van der Waals surface area (Å²) >= 11 is 0. The van der Waals surface area contributed by atoms with Crippen molar-refractivity contribution in [2.45, 2.75) is 19.4 Å². The Balaban J connectivity index is 1.65. The second-order valence-corrected chi connectivity index (χ2v) is 6.98. The van der Waals surface area contributed by atoms with Gasteiger partial charge in [-0.1, -0.05) is 0 Å². The topological polar surface area (TPSA) is 108 Å². The van der Waals surface area contributed by atoms with Gasteiger partial charge in [0.2, 0.25) is 5.91 Å². The second-order valence-electron chi connectivity index (χ2n) is 6.98. The van der Waals surface area contributed by atoms with E-state index in [0.717, 1.165) is 5.56 Å². The van der Waals surface area contributed by atoms with Crippen molar-refractivity contribution in [1.29, 1.82) is 0 Å². The van der Waals surface area contributed by atoms with Crippen molar-refractivity contribution in [3.05, 3.63) is 24.3 Å². The van der Waals surface area contributed by atoms with Gasteiger partial charge in [0.1, 0.15) is 25.1 Å². The summed E-state index contributed by atoms with van der Waals surface area (Å²) in [5.41, 5.74) is 9.07. The minimum absolute atomic E-state index is 0.0584. The third-order valence-corrected chi connectivity index (χ3v) is 5.07. The molecule has 2 unspecified atom stereocenters. The van der Waals surface area contributed by atoms with Crippen LogP contribution < -0.4 is 30.6 Å². The molecule has 8 heteroatoms. The van der Waals surface area contributed by atoms with Crippen molar-refractivity contribution in [2.24, 2.45) is 5.92 Å². The second kappa shape index (κ2) is 7.46. The molecule has 8 nitrogen and oxygen atoms in total. The summed E-state index contributed by atoms with van der Waals surface area (Å²) in [6, 6.07) is 7.47. The first kappa shape index (κ1) is 18.2. The molecule has 1 fully saturated rings. The molecule has 1 aromatic carbocycles. The first-order valence-corrected chi connectivity index (χ1v) is 9.37. The summed E-state index contributed by atoms with van der Waals surface area (Å²) < 4.78 is 17.3. The number of fused-ring (bicyclic) bond motifs is 1. The molecule has 0 radical (unpaired) electrons. The van der Waals surface area contributed by atoms with E-state index in [2.05, 4.69) is 15.6 Å². The van der Waals surface area contributed by atoms with E-state index in [1.54, 1.807) is 7.05 Å². The fourth-order valence-corrected chi connectivity index (χ4v) is 3.49. The highest BCUT2D eigenvalue weighted by atomic mass is 16.6. The summed E-state index contributed by atoms with van der Waals surface area (Å²) in [6.07, 6.45) is 0.323. The highest BCUT2D eigenvalue weighted by molar-refractivity contribution is 5.81. The van der Waals surface area contributed by atoms with Crippen LogP contribution in [0.25, 0.3) is 11.3 Å². The Labute approximate surface area is 163 Å². The molecular formula is C20H24N4O4. The van der Waals surface area contributed by atoms with Crippen LogP contribution in [0, 0.1) is 5.92 Å². The number of ether oxygens (including phenoxy) is 3. The highest BCUT2D eigenvalue weighted by Crippen LogP contribution is 2.39. The normalized spacial score (nSPS) is 19.1. The van der Waals surface area contributed by atoms with Crippen molar-refractivity contribution in [2.75, 3.05) is 37.9 Å². The Kier molecular flexibility index (Phi) is 4.85. The van der Waals surface area contributed by atoms with Gasteiger partial charge in [0, 0.05) is 31.5 Å². The zero-order valence-electron chi connectivity index (χ0n) is 16.0. The lowest BCUT2D eigenvalue weighted by molar-refractivity contribution is -0.119. The number of benzene rings is 1. The lowest BCUT2D eigenvalue weighted by atomic mass is 10.0. The fourth-order valence-electron chi connectivity index (χ4n) is 3.49. The summed E-state index contributed by atoms with van der Waals surface area (Å²) in [5.74, 6) is 1.92. The van der Waals surface area contributed by atoms with Crippen molar-refractivity contribution < 1.29 is 19.0 Å². The number of nitrogens with two attached hydrogens (primary N) is 1. The quantitative estimate of drug-likeness (QED) is 0.677. The molecule has 4 rings (SSSR count). The summed E-state index contributed by atoms with van der Waals surface area (Å²) in [5, 5.41) is 5.95. The molecule has 2 aliphatic heterocycles. The molecule has 2 atom stereocenters. The van der Waals surface area contributed by atoms with E-state index < -0.39 is 0 Å². The van der Waals surface area contributed by atoms with E-state index in [1.807, 2.05) is 31.2 Å². The summed E-state index contributed by atoms with van der Waals surface area (Å²) in [6.45, 7) is 3.58. The zero-order chi connectivity index (χ0) is 19.7. The average Bonchev–Trinajstić information content (AvgIpc) is 3.14. The Hall–Kier alpha value is -3.16. The summed E-state index contributed by atoms with van der Waals surface area (Å²) in [7, 11) is 1.80. The number of carbonyl (C=O) groups is 1. The van der Waals surface area contributed by atoms with Gasteiger partial charge in [0.25, 0.3) is 5.88 Å². The number of aromatic nitrogens is 1. The van der Waals surface area contributed by atoms with Crippen molar-refractivity contribution >= 4 is 17.3 Å². The van der Waals surface area contributed by atoms with Gasteiger partial charge >= 0.3 is 0 Å². The largest absolute Gasteiger partial charge is 0.488 e. The molecule has 4 N–H and O–H groups in total. The van der Waals surface area contributed by atoms with Gasteiger partial charge in [-0.05, 0) is 31.2 Å². The molecule has 0 bridgehead atoms. The fraction of sp³-hybridized carbons (Fsp3) is 0.400. The van der Waals surface area contributed by atoms with E-state index in [9.17, 15) is 4.79 Å². The van der Waals surface area contributed by atoms with Crippen LogP contribution >= 0.6 is 0 Å². The van der Waals surface area contributed by atoms with Gasteiger partial charge in [-0.3, -0.25) is 4.79 Å². The van der Waals surface area contributed by atoms with Gasteiger partial charge in [-0.25, -0.2) is 4.98 Å². The highest BCUT2D eigenvalue weighted by Gasteiger charge is 2.28. The monoisotopic (exact) mass is 384 g/mol. The maximum atomic E-state index is 11.5. The van der Waals surface area contributed by atoms with Gasteiger partial charge < -0.3 is 30.6 Å². The smallest absolute Gasteiger partial charge is 0.257 e. The maximum Gasteiger partial charge on any atom is 0.257 e. The average molecular weight is 384 g/mol.